The summed E-state index contributed by atoms with van der Waals surface area (Å²) in [5, 5.41) is 12.8. The molecule has 0 saturated carbocycles. The van der Waals surface area contributed by atoms with E-state index in [1.165, 1.54) is 0 Å². The van der Waals surface area contributed by atoms with Gasteiger partial charge in [-0.2, -0.15) is 5.26 Å². The van der Waals surface area contributed by atoms with Crippen molar-refractivity contribution in [2.75, 3.05) is 6.61 Å². The molecule has 1 aliphatic rings. The van der Waals surface area contributed by atoms with E-state index in [2.05, 4.69) is 10.0 Å². The minimum atomic E-state index is -2.48. The second-order valence-corrected chi connectivity index (χ2v) is 5.63. The van der Waals surface area contributed by atoms with Gasteiger partial charge in [-0.1, -0.05) is 0 Å². The van der Waals surface area contributed by atoms with Crippen molar-refractivity contribution in [1.82, 2.24) is 0 Å². The summed E-state index contributed by atoms with van der Waals surface area (Å²) in [6.07, 6.45) is -6.19. The van der Waals surface area contributed by atoms with Crippen molar-refractivity contribution < 1.29 is 42.9 Å². The molecule has 0 radical (unpaired) electrons. The first-order valence-corrected chi connectivity index (χ1v) is 7.86. The van der Waals surface area contributed by atoms with E-state index < -0.39 is 60.6 Å². The number of hydrogen-bond acceptors (Lipinski definition) is 11. The highest BCUT2D eigenvalue weighted by Gasteiger charge is 2.60. The molecule has 28 heavy (non-hydrogen) atoms. The molecule has 13 heteroatoms. The van der Waals surface area contributed by atoms with Crippen LogP contribution in [0.4, 0.5) is 0 Å². The Balaban J connectivity index is 3.55. The van der Waals surface area contributed by atoms with Crippen molar-refractivity contribution in [3.8, 4) is 6.07 Å². The van der Waals surface area contributed by atoms with Crippen molar-refractivity contribution in [3.05, 3.63) is 10.4 Å². The highest BCUT2D eigenvalue weighted by Crippen LogP contribution is 2.36. The predicted octanol–water partition coefficient (Wildman–Crippen LogP) is 0.274. The Morgan fingerprint density at radius 1 is 1.04 bits per heavy atom. The number of hydrogen-bond donors (Lipinski definition) is 0. The van der Waals surface area contributed by atoms with Crippen LogP contribution in [0.3, 0.4) is 0 Å². The molecule has 0 N–H and O–H groups in total. The van der Waals surface area contributed by atoms with Gasteiger partial charge in [-0.3, -0.25) is 19.2 Å². The Labute approximate surface area is 159 Å². The highest BCUT2D eigenvalue weighted by atomic mass is 16.7. The first kappa shape index (κ1) is 22.7. The third-order valence-corrected chi connectivity index (χ3v) is 3.41. The van der Waals surface area contributed by atoms with E-state index in [4.69, 9.17) is 29.2 Å². The lowest BCUT2D eigenvalue weighted by atomic mass is 9.91. The quantitative estimate of drug-likeness (QED) is 0.197. The summed E-state index contributed by atoms with van der Waals surface area (Å²) in [4.78, 5) is 48.3. The molecular weight excluding hydrogens is 380 g/mol. The van der Waals surface area contributed by atoms with Gasteiger partial charge in [-0.05, 0) is 10.6 Å². The molecule has 13 nitrogen and oxygen atoms in total. The van der Waals surface area contributed by atoms with E-state index in [9.17, 15) is 24.4 Å². The zero-order chi connectivity index (χ0) is 21.5. The molecule has 0 unspecified atom stereocenters. The zero-order valence-electron chi connectivity index (χ0n) is 15.5. The third kappa shape index (κ3) is 5.57. The van der Waals surface area contributed by atoms with E-state index in [0.29, 0.717) is 0 Å². The molecule has 0 aromatic rings. The number of azide groups is 1. The maximum absolute atomic E-state index is 11.6. The topological polar surface area (TPSA) is 187 Å². The van der Waals surface area contributed by atoms with Crippen LogP contribution in [0.25, 0.3) is 10.4 Å². The van der Waals surface area contributed by atoms with Crippen LogP contribution < -0.4 is 0 Å². The van der Waals surface area contributed by atoms with E-state index in [1.807, 2.05) is 0 Å². The number of carbonyl (C=O) groups is 4. The Morgan fingerprint density at radius 2 is 1.57 bits per heavy atom. The molecule has 0 amide bonds. The maximum Gasteiger partial charge on any atom is 0.303 e. The number of esters is 4. The van der Waals surface area contributed by atoms with E-state index in [0.717, 1.165) is 27.7 Å². The molecule has 0 aliphatic carbocycles. The van der Waals surface area contributed by atoms with Crippen molar-refractivity contribution in [1.29, 1.82) is 5.26 Å². The van der Waals surface area contributed by atoms with Crippen molar-refractivity contribution in [2.45, 2.75) is 57.8 Å². The fraction of sp³-hybridized carbons (Fsp3) is 0.667. The van der Waals surface area contributed by atoms with Gasteiger partial charge in [0, 0.05) is 32.6 Å². The average Bonchev–Trinajstić information content (AvgIpc) is 2.57. The van der Waals surface area contributed by atoms with Crippen LogP contribution in [0, 0.1) is 11.3 Å². The Hall–Kier alpha value is -3.36. The maximum atomic E-state index is 11.6. The van der Waals surface area contributed by atoms with Gasteiger partial charge in [-0.25, -0.2) is 0 Å². The normalized spacial score (nSPS) is 28.7. The molecule has 1 saturated heterocycles. The van der Waals surface area contributed by atoms with Gasteiger partial charge in [-0.15, -0.1) is 0 Å². The zero-order valence-corrected chi connectivity index (χ0v) is 15.5. The van der Waals surface area contributed by atoms with Crippen molar-refractivity contribution in [3.63, 3.8) is 0 Å². The molecule has 152 valence electrons. The third-order valence-electron chi connectivity index (χ3n) is 3.41. The van der Waals surface area contributed by atoms with Crippen LogP contribution in [-0.4, -0.2) is 60.6 Å². The van der Waals surface area contributed by atoms with Gasteiger partial charge in [0.15, 0.2) is 18.3 Å². The second-order valence-electron chi connectivity index (χ2n) is 5.63. The molecule has 1 fully saturated rings. The molecule has 1 heterocycles. The van der Waals surface area contributed by atoms with Crippen LogP contribution in [0.15, 0.2) is 5.11 Å². The van der Waals surface area contributed by atoms with Gasteiger partial charge in [0.1, 0.15) is 18.8 Å². The summed E-state index contributed by atoms with van der Waals surface area (Å²) in [7, 11) is 0. The van der Waals surface area contributed by atoms with E-state index in [-0.39, 0.29) is 0 Å². The summed E-state index contributed by atoms with van der Waals surface area (Å²) in [5.74, 6) is -3.34. The summed E-state index contributed by atoms with van der Waals surface area (Å²) in [6.45, 7) is 3.62. The van der Waals surface area contributed by atoms with Gasteiger partial charge >= 0.3 is 23.9 Å². The van der Waals surface area contributed by atoms with Crippen LogP contribution in [0.5, 0.6) is 0 Å². The second kappa shape index (κ2) is 9.54. The number of rotatable bonds is 6. The minimum Gasteiger partial charge on any atom is -0.463 e. The van der Waals surface area contributed by atoms with Crippen molar-refractivity contribution in [2.24, 2.45) is 5.11 Å². The summed E-state index contributed by atoms with van der Waals surface area (Å²) in [5.41, 5.74) is 6.37. The Morgan fingerprint density at radius 3 is 2.00 bits per heavy atom. The standard InChI is InChI=1S/C15H18N4O9/c1-7(20)24-5-11-12(25-8(2)21)13(26-9(3)22)14(27-10(4)23)15(6-16,28-11)18-19-17/h11-14H,5H2,1-4H3/t11-,12+,13+,14-,15+/m1/s1. The first-order valence-electron chi connectivity index (χ1n) is 7.86. The largest absolute Gasteiger partial charge is 0.463 e. The molecule has 1 rings (SSSR count). The van der Waals surface area contributed by atoms with Crippen LogP contribution in [0.2, 0.25) is 0 Å². The fourth-order valence-corrected chi connectivity index (χ4v) is 2.54. The minimum absolute atomic E-state index is 0.539. The number of carbonyl (C=O) groups excluding carboxylic acids is 4. The van der Waals surface area contributed by atoms with Crippen LogP contribution in [-0.2, 0) is 42.9 Å². The first-order chi connectivity index (χ1) is 13.1. The monoisotopic (exact) mass is 398 g/mol. The summed E-state index contributed by atoms with van der Waals surface area (Å²) in [6, 6.07) is 1.58. The Bertz CT molecular complexity index is 742. The number of ether oxygens (including phenoxy) is 5. The molecule has 5 atom stereocenters. The Kier molecular flexibility index (Phi) is 7.73. The SMILES string of the molecule is CC(=O)OC[C@H]1O[C@](C#N)(N=[N+]=[N-])[C@H](OC(C)=O)[C@@H](OC(C)=O)[C@H]1OC(C)=O. The van der Waals surface area contributed by atoms with Gasteiger partial charge in [0.05, 0.1) is 0 Å². The molecule has 0 aromatic carbocycles. The highest BCUT2D eigenvalue weighted by molar-refractivity contribution is 5.69. The lowest BCUT2D eigenvalue weighted by molar-refractivity contribution is -0.269. The van der Waals surface area contributed by atoms with Gasteiger partial charge < -0.3 is 23.7 Å². The predicted molar refractivity (Wildman–Crippen MR) is 85.7 cm³/mol. The number of nitriles is 1. The molecule has 1 aliphatic heterocycles. The smallest absolute Gasteiger partial charge is 0.303 e. The summed E-state index contributed by atoms with van der Waals surface area (Å²) >= 11 is 0. The average molecular weight is 398 g/mol. The molecule has 0 aromatic heterocycles. The fourth-order valence-electron chi connectivity index (χ4n) is 2.54. The van der Waals surface area contributed by atoms with E-state index in [1.54, 1.807) is 6.07 Å². The molecular formula is C15H18N4O9. The number of nitrogens with zero attached hydrogens (tertiary/aromatic N) is 4. The van der Waals surface area contributed by atoms with Crippen molar-refractivity contribution >= 4 is 23.9 Å². The molecule has 0 spiro atoms. The van der Waals surface area contributed by atoms with Crippen LogP contribution in [0.1, 0.15) is 27.7 Å². The lowest BCUT2D eigenvalue weighted by Crippen LogP contribution is -2.66. The lowest BCUT2D eigenvalue weighted by Gasteiger charge is -2.46. The molecule has 0 bridgehead atoms. The van der Waals surface area contributed by atoms with Gasteiger partial charge in [0.25, 0.3) is 5.72 Å². The van der Waals surface area contributed by atoms with Gasteiger partial charge in [0.2, 0.25) is 0 Å². The summed E-state index contributed by atoms with van der Waals surface area (Å²) < 4.78 is 25.5. The van der Waals surface area contributed by atoms with E-state index >= 15 is 0 Å². The van der Waals surface area contributed by atoms with Crippen LogP contribution >= 0.6 is 0 Å².